The number of benzene rings is 2. The summed E-state index contributed by atoms with van der Waals surface area (Å²) in [6.45, 7) is 4.51. The van der Waals surface area contributed by atoms with Crippen molar-refractivity contribution in [2.75, 3.05) is 26.3 Å². The molecular weight excluding hydrogens is 345 g/mol. The van der Waals surface area contributed by atoms with Gasteiger partial charge in [0.05, 0.1) is 13.2 Å². The Balaban J connectivity index is 1.51. The number of hydrogen-bond acceptors (Lipinski definition) is 4. The number of nitrogens with zero attached hydrogens (tertiary/aromatic N) is 1. The van der Waals surface area contributed by atoms with E-state index >= 15 is 0 Å². The number of hydrogen-bond donors (Lipinski definition) is 2. The Labute approximate surface area is 158 Å². The van der Waals surface area contributed by atoms with Crippen molar-refractivity contribution in [3.63, 3.8) is 0 Å². The van der Waals surface area contributed by atoms with E-state index in [-0.39, 0.29) is 11.7 Å². The van der Waals surface area contributed by atoms with Crippen molar-refractivity contribution in [2.24, 2.45) is 0 Å². The summed E-state index contributed by atoms with van der Waals surface area (Å²) in [4.78, 5) is 15.0. The van der Waals surface area contributed by atoms with Gasteiger partial charge in [-0.05, 0) is 22.8 Å². The molecule has 1 saturated heterocycles. The van der Waals surface area contributed by atoms with Crippen LogP contribution in [0.15, 0.2) is 42.5 Å². The van der Waals surface area contributed by atoms with Gasteiger partial charge in [0, 0.05) is 38.3 Å². The minimum atomic E-state index is -0.647. The molecule has 27 heavy (non-hydrogen) atoms. The van der Waals surface area contributed by atoms with Crippen molar-refractivity contribution in [3.05, 3.63) is 70.5 Å². The summed E-state index contributed by atoms with van der Waals surface area (Å²) >= 11 is 0. The first kappa shape index (κ1) is 18.1. The standard InChI is InChI=1S/C21H24FN3O2/c22-19-4-2-1-3-18(19)20(25-7-9-27-10-8-25)21(26)24-12-15-5-6-16-13-23-14-17(16)11-15/h1-6,11,20,23H,7-10,12-14H2,(H,24,26). The Morgan fingerprint density at radius 3 is 2.74 bits per heavy atom. The highest BCUT2D eigenvalue weighted by Crippen LogP contribution is 2.25. The molecule has 1 amide bonds. The van der Waals surface area contributed by atoms with E-state index < -0.39 is 6.04 Å². The second kappa shape index (κ2) is 8.17. The van der Waals surface area contributed by atoms with Gasteiger partial charge in [0.15, 0.2) is 0 Å². The molecule has 2 aliphatic heterocycles. The van der Waals surface area contributed by atoms with Crippen molar-refractivity contribution >= 4 is 5.91 Å². The molecule has 142 valence electrons. The van der Waals surface area contributed by atoms with E-state index in [1.807, 2.05) is 11.0 Å². The Hall–Kier alpha value is -2.28. The van der Waals surface area contributed by atoms with E-state index in [2.05, 4.69) is 22.8 Å². The van der Waals surface area contributed by atoms with E-state index in [9.17, 15) is 9.18 Å². The van der Waals surface area contributed by atoms with Gasteiger partial charge in [-0.25, -0.2) is 4.39 Å². The van der Waals surface area contributed by atoms with Crippen LogP contribution in [-0.2, 0) is 29.2 Å². The zero-order chi connectivity index (χ0) is 18.6. The minimum Gasteiger partial charge on any atom is -0.379 e. The number of nitrogens with one attached hydrogen (secondary N) is 2. The molecule has 5 nitrogen and oxygen atoms in total. The van der Waals surface area contributed by atoms with E-state index in [1.165, 1.54) is 17.2 Å². The maximum atomic E-state index is 14.4. The summed E-state index contributed by atoms with van der Waals surface area (Å²) in [6, 6.07) is 12.1. The average Bonchev–Trinajstić information content (AvgIpc) is 3.17. The number of carbonyl (C=O) groups excluding carboxylic acids is 1. The van der Waals surface area contributed by atoms with Gasteiger partial charge >= 0.3 is 0 Å². The van der Waals surface area contributed by atoms with Crippen LogP contribution in [0.3, 0.4) is 0 Å². The van der Waals surface area contributed by atoms with Gasteiger partial charge in [0.25, 0.3) is 0 Å². The van der Waals surface area contributed by atoms with Crippen LogP contribution in [-0.4, -0.2) is 37.1 Å². The molecule has 2 aliphatic rings. The lowest BCUT2D eigenvalue weighted by atomic mass is 10.0. The third-order valence-electron chi connectivity index (χ3n) is 5.23. The van der Waals surface area contributed by atoms with Gasteiger partial charge in [-0.1, -0.05) is 36.4 Å². The predicted octanol–water partition coefficient (Wildman–Crippen LogP) is 2.12. The van der Waals surface area contributed by atoms with Crippen LogP contribution in [0.4, 0.5) is 4.39 Å². The van der Waals surface area contributed by atoms with E-state index in [0.29, 0.717) is 38.4 Å². The maximum Gasteiger partial charge on any atom is 0.242 e. The van der Waals surface area contributed by atoms with Crippen LogP contribution < -0.4 is 10.6 Å². The summed E-state index contributed by atoms with van der Waals surface area (Å²) in [5.41, 5.74) is 4.05. The molecule has 1 fully saturated rings. The highest BCUT2D eigenvalue weighted by molar-refractivity contribution is 5.83. The zero-order valence-electron chi connectivity index (χ0n) is 15.2. The number of fused-ring (bicyclic) bond motifs is 1. The van der Waals surface area contributed by atoms with Crippen LogP contribution >= 0.6 is 0 Å². The summed E-state index contributed by atoms with van der Waals surface area (Å²) in [5.74, 6) is -0.534. The first-order valence-corrected chi connectivity index (χ1v) is 9.38. The van der Waals surface area contributed by atoms with Gasteiger partial charge in [0.2, 0.25) is 5.91 Å². The number of halogens is 1. The second-order valence-corrected chi connectivity index (χ2v) is 7.00. The molecule has 0 aromatic heterocycles. The third-order valence-corrected chi connectivity index (χ3v) is 5.23. The van der Waals surface area contributed by atoms with Gasteiger partial charge in [-0.15, -0.1) is 0 Å². The molecule has 2 heterocycles. The number of rotatable bonds is 5. The lowest BCUT2D eigenvalue weighted by molar-refractivity contribution is -0.128. The molecule has 0 spiro atoms. The van der Waals surface area contributed by atoms with Crippen LogP contribution in [0.2, 0.25) is 0 Å². The molecule has 4 rings (SSSR count). The summed E-state index contributed by atoms with van der Waals surface area (Å²) < 4.78 is 19.8. The van der Waals surface area contributed by atoms with Gasteiger partial charge in [0.1, 0.15) is 11.9 Å². The topological polar surface area (TPSA) is 53.6 Å². The Kier molecular flexibility index (Phi) is 5.48. The largest absolute Gasteiger partial charge is 0.379 e. The zero-order valence-corrected chi connectivity index (χ0v) is 15.2. The smallest absolute Gasteiger partial charge is 0.242 e. The molecule has 2 aromatic carbocycles. The fourth-order valence-electron chi connectivity index (χ4n) is 3.78. The number of amides is 1. The highest BCUT2D eigenvalue weighted by Gasteiger charge is 2.30. The first-order chi connectivity index (χ1) is 13.2. The van der Waals surface area contributed by atoms with Crippen molar-refractivity contribution < 1.29 is 13.9 Å². The van der Waals surface area contributed by atoms with E-state index in [4.69, 9.17) is 4.74 Å². The van der Waals surface area contributed by atoms with Gasteiger partial charge in [-0.3, -0.25) is 9.69 Å². The van der Waals surface area contributed by atoms with Gasteiger partial charge < -0.3 is 15.4 Å². The maximum absolute atomic E-state index is 14.4. The lowest BCUT2D eigenvalue weighted by Gasteiger charge is -2.34. The number of morpholine rings is 1. The molecule has 0 saturated carbocycles. The Morgan fingerprint density at radius 1 is 1.15 bits per heavy atom. The molecule has 2 N–H and O–H groups in total. The molecule has 1 unspecified atom stereocenters. The normalized spacial score (nSPS) is 18.1. The molecule has 0 bridgehead atoms. The molecule has 6 heteroatoms. The van der Waals surface area contributed by atoms with Crippen LogP contribution in [0.25, 0.3) is 0 Å². The fraction of sp³-hybridized carbons (Fsp3) is 0.381. The lowest BCUT2D eigenvalue weighted by Crippen LogP contribution is -2.46. The van der Waals surface area contributed by atoms with Crippen LogP contribution in [0.5, 0.6) is 0 Å². The highest BCUT2D eigenvalue weighted by atomic mass is 19.1. The predicted molar refractivity (Wildman–Crippen MR) is 100 cm³/mol. The van der Waals surface area contributed by atoms with Crippen molar-refractivity contribution in [2.45, 2.75) is 25.7 Å². The first-order valence-electron chi connectivity index (χ1n) is 9.38. The van der Waals surface area contributed by atoms with Crippen molar-refractivity contribution in [1.29, 1.82) is 0 Å². The SMILES string of the molecule is O=C(NCc1ccc2c(c1)CNC2)C(c1ccccc1F)N1CCOCC1. The number of ether oxygens (including phenoxy) is 1. The van der Waals surface area contributed by atoms with Gasteiger partial charge in [-0.2, -0.15) is 0 Å². The molecular formula is C21H24FN3O2. The monoisotopic (exact) mass is 369 g/mol. The quantitative estimate of drug-likeness (QED) is 0.848. The average molecular weight is 369 g/mol. The summed E-state index contributed by atoms with van der Waals surface area (Å²) in [7, 11) is 0. The summed E-state index contributed by atoms with van der Waals surface area (Å²) in [5, 5.41) is 6.33. The van der Waals surface area contributed by atoms with Crippen LogP contribution in [0, 0.1) is 5.82 Å². The summed E-state index contributed by atoms with van der Waals surface area (Å²) in [6.07, 6.45) is 0. The molecule has 0 aliphatic carbocycles. The molecule has 1 atom stereocenters. The Morgan fingerprint density at radius 2 is 1.93 bits per heavy atom. The third kappa shape index (κ3) is 4.03. The Bertz CT molecular complexity index is 821. The second-order valence-electron chi connectivity index (χ2n) is 7.00. The van der Waals surface area contributed by atoms with E-state index in [1.54, 1.807) is 18.2 Å². The van der Waals surface area contributed by atoms with Crippen molar-refractivity contribution in [3.8, 4) is 0 Å². The molecule has 0 radical (unpaired) electrons. The minimum absolute atomic E-state index is 0.180. The molecule has 2 aromatic rings. The van der Waals surface area contributed by atoms with Crippen molar-refractivity contribution in [1.82, 2.24) is 15.5 Å². The fourth-order valence-corrected chi connectivity index (χ4v) is 3.78. The van der Waals surface area contributed by atoms with Crippen LogP contribution in [0.1, 0.15) is 28.3 Å². The van der Waals surface area contributed by atoms with E-state index in [0.717, 1.165) is 18.7 Å². The number of carbonyl (C=O) groups is 1.